The zero-order valence-electron chi connectivity index (χ0n) is 18.7. The molecule has 4 aliphatic heterocycles. The largest absolute Gasteiger partial charge is 0.478 e. The van der Waals surface area contributed by atoms with Crippen LogP contribution in [0, 0.1) is 0 Å². The highest BCUT2D eigenvalue weighted by atomic mass is 35.5. The van der Waals surface area contributed by atoms with Gasteiger partial charge in [-0.3, -0.25) is 19.3 Å². The summed E-state index contributed by atoms with van der Waals surface area (Å²) in [4.78, 5) is 59.9. The molecule has 11 nitrogen and oxygen atoms in total. The Morgan fingerprint density at radius 3 is 2.41 bits per heavy atom. The highest BCUT2D eigenvalue weighted by Crippen LogP contribution is 2.42. The van der Waals surface area contributed by atoms with Crippen molar-refractivity contribution in [2.75, 3.05) is 5.75 Å². The summed E-state index contributed by atoms with van der Waals surface area (Å²) in [5.41, 5.74) is 6.40. The van der Waals surface area contributed by atoms with Crippen LogP contribution in [0.25, 0.3) is 0 Å². The summed E-state index contributed by atoms with van der Waals surface area (Å²) in [5.74, 6) is -3.09. The molecule has 5 atom stereocenters. The number of benzene rings is 1. The van der Waals surface area contributed by atoms with Crippen molar-refractivity contribution in [3.05, 3.63) is 58.4 Å². The Balaban J connectivity index is 0.000000207. The molecule has 4 heterocycles. The number of carboxylic acids is 2. The number of rotatable bonds is 5. The van der Waals surface area contributed by atoms with Gasteiger partial charge < -0.3 is 26.2 Å². The molecule has 0 bridgehead atoms. The highest BCUT2D eigenvalue weighted by molar-refractivity contribution is 8.02. The average molecular weight is 587 g/mol. The van der Waals surface area contributed by atoms with Crippen LogP contribution < -0.4 is 11.1 Å². The number of carboxylic acid groups (broad SMARTS) is 2. The van der Waals surface area contributed by atoms with Gasteiger partial charge in [0.05, 0.1) is 22.4 Å². The van der Waals surface area contributed by atoms with Gasteiger partial charge in [0.15, 0.2) is 0 Å². The molecule has 0 aromatic heterocycles. The molecule has 1 aromatic rings. The quantitative estimate of drug-likeness (QED) is 0.292. The van der Waals surface area contributed by atoms with Crippen molar-refractivity contribution in [1.29, 1.82) is 0 Å². The van der Waals surface area contributed by atoms with Gasteiger partial charge in [0.25, 0.3) is 5.91 Å². The molecule has 4 aliphatic rings. The maximum Gasteiger partial charge on any atom is 0.353 e. The Bertz CT molecular complexity index is 1230. The van der Waals surface area contributed by atoms with Crippen LogP contribution in [-0.4, -0.2) is 76.9 Å². The lowest BCUT2D eigenvalue weighted by molar-refractivity contribution is -0.150. The van der Waals surface area contributed by atoms with E-state index >= 15 is 0 Å². The summed E-state index contributed by atoms with van der Waals surface area (Å²) in [6.45, 7) is 0. The summed E-state index contributed by atoms with van der Waals surface area (Å²) in [5, 5.41) is 20.2. The van der Waals surface area contributed by atoms with Crippen molar-refractivity contribution < 1.29 is 34.2 Å². The molecular weight excluding hydrogens is 567 g/mol. The number of hydrogen-bond donors (Lipinski definition) is 4. The molecule has 2 unspecified atom stereocenters. The van der Waals surface area contributed by atoms with Crippen molar-refractivity contribution in [2.24, 2.45) is 5.73 Å². The lowest BCUT2D eigenvalue weighted by atomic mass is 10.0. The lowest BCUT2D eigenvalue weighted by Crippen LogP contribution is -2.70. The summed E-state index contributed by atoms with van der Waals surface area (Å²) in [6.07, 6.45) is 1.80. The van der Waals surface area contributed by atoms with E-state index in [4.69, 9.17) is 34.0 Å². The Hall–Kier alpha value is -2.71. The Morgan fingerprint density at radius 2 is 1.81 bits per heavy atom. The second-order valence-electron chi connectivity index (χ2n) is 8.14. The normalized spacial score (nSPS) is 26.8. The fraction of sp³-hybridized carbons (Fsp3) is 0.318. The molecule has 5 N–H and O–H groups in total. The first-order valence-electron chi connectivity index (χ1n) is 10.7. The molecule has 0 radical (unpaired) electrons. The molecule has 0 spiro atoms. The second kappa shape index (κ2) is 11.0. The predicted octanol–water partition coefficient (Wildman–Crippen LogP) is 1.45. The maximum atomic E-state index is 12.3. The molecule has 196 valence electrons. The van der Waals surface area contributed by atoms with Crippen LogP contribution in [0.4, 0.5) is 0 Å². The third kappa shape index (κ3) is 5.32. The molecule has 5 rings (SSSR count). The van der Waals surface area contributed by atoms with Gasteiger partial charge in [-0.2, -0.15) is 0 Å². The monoisotopic (exact) mass is 586 g/mol. The van der Waals surface area contributed by atoms with E-state index in [0.717, 1.165) is 4.90 Å². The number of carbonyl (C=O) groups is 5. The van der Waals surface area contributed by atoms with Gasteiger partial charge in [-0.1, -0.05) is 41.9 Å². The van der Waals surface area contributed by atoms with Crippen LogP contribution in [0.3, 0.4) is 0 Å². The average Bonchev–Trinajstić information content (AvgIpc) is 2.86. The van der Waals surface area contributed by atoms with Crippen molar-refractivity contribution in [1.82, 2.24) is 15.1 Å². The number of hydrogen-bond acceptors (Lipinski definition) is 8. The number of β-lactam (4-membered cyclic amide) rings is 2. The van der Waals surface area contributed by atoms with E-state index in [2.05, 4.69) is 5.32 Å². The van der Waals surface area contributed by atoms with Crippen LogP contribution in [-0.2, 0) is 24.0 Å². The number of nitrogens with two attached hydrogens (primary N) is 1. The molecule has 2 saturated heterocycles. The minimum Gasteiger partial charge on any atom is -0.478 e. The summed E-state index contributed by atoms with van der Waals surface area (Å²) < 4.78 is -0.549. The molecule has 0 saturated carbocycles. The summed E-state index contributed by atoms with van der Waals surface area (Å²) >= 11 is 14.3. The van der Waals surface area contributed by atoms with E-state index < -0.39 is 45.9 Å². The van der Waals surface area contributed by atoms with Crippen molar-refractivity contribution >= 4 is 76.4 Å². The predicted molar refractivity (Wildman–Crippen MR) is 137 cm³/mol. The number of nitrogens with one attached hydrogen (secondary N) is 1. The first kappa shape index (κ1) is 27.3. The number of halogens is 2. The molecule has 15 heteroatoms. The van der Waals surface area contributed by atoms with Gasteiger partial charge in [0, 0.05) is 12.0 Å². The van der Waals surface area contributed by atoms with Crippen LogP contribution in [0.15, 0.2) is 52.8 Å². The van der Waals surface area contributed by atoms with E-state index in [1.807, 2.05) is 6.07 Å². The van der Waals surface area contributed by atoms with E-state index in [1.165, 1.54) is 34.6 Å². The fourth-order valence-corrected chi connectivity index (χ4v) is 7.07. The highest BCUT2D eigenvalue weighted by Gasteiger charge is 2.54. The Kier molecular flexibility index (Phi) is 8.09. The Morgan fingerprint density at radius 1 is 1.14 bits per heavy atom. The third-order valence-corrected chi connectivity index (χ3v) is 9.35. The van der Waals surface area contributed by atoms with Crippen molar-refractivity contribution in [3.8, 4) is 0 Å². The molecule has 0 aliphatic carbocycles. The van der Waals surface area contributed by atoms with E-state index in [9.17, 15) is 29.1 Å². The number of thioether (sulfide) groups is 2. The number of fused-ring (bicyclic) bond motifs is 2. The number of amides is 3. The van der Waals surface area contributed by atoms with Crippen molar-refractivity contribution in [3.63, 3.8) is 0 Å². The fourth-order valence-electron chi connectivity index (χ4n) is 3.88. The lowest BCUT2D eigenvalue weighted by Gasteiger charge is -2.48. The first-order valence-corrected chi connectivity index (χ1v) is 13.5. The number of nitrogens with zero attached hydrogens (tertiary/aromatic N) is 2. The van der Waals surface area contributed by atoms with Gasteiger partial charge >= 0.3 is 11.9 Å². The van der Waals surface area contributed by atoms with Crippen LogP contribution >= 0.6 is 46.7 Å². The summed E-state index contributed by atoms with van der Waals surface area (Å²) in [6, 6.07) is 7.07. The van der Waals surface area contributed by atoms with Gasteiger partial charge in [-0.05, 0) is 5.56 Å². The second-order valence-corrected chi connectivity index (χ2v) is 11.7. The molecule has 2 fully saturated rings. The SMILES string of the molecule is NC(C(=O)N[C@@H]1C(=O)N2C(C(=O)O)=C(Cl)CS[C@H]12)c1ccccc1.O=C(O)C1=CN2C(=O)C[C@H]2SC1Cl. The molecule has 1 aromatic carbocycles. The van der Waals surface area contributed by atoms with Crippen molar-refractivity contribution in [2.45, 2.75) is 34.0 Å². The van der Waals surface area contributed by atoms with E-state index in [-0.39, 0.29) is 33.3 Å². The van der Waals surface area contributed by atoms with Crippen LogP contribution in [0.2, 0.25) is 0 Å². The molecule has 37 heavy (non-hydrogen) atoms. The van der Waals surface area contributed by atoms with Crippen LogP contribution in [0.5, 0.6) is 0 Å². The Labute approximate surface area is 229 Å². The van der Waals surface area contributed by atoms with Gasteiger partial charge in [-0.15, -0.1) is 35.1 Å². The maximum absolute atomic E-state index is 12.3. The zero-order chi connectivity index (χ0) is 27.0. The standard InChI is InChI=1S/C15H14ClN3O4S.C7H6ClNO3S/c16-8-6-24-14-10(13(21)19(14)11(8)15(22)23)18-12(20)9(17)7-4-2-1-3-5-7;8-6-3(7(11)12)2-9-4(10)1-5(9)13-6/h1-5,9-10,14H,6,17H2,(H,18,20)(H,22,23);2,5-6H,1H2,(H,11,12)/t9?,10-,14-;5-,6?/m11/s1. The van der Waals surface area contributed by atoms with Crippen LogP contribution in [0.1, 0.15) is 18.0 Å². The smallest absolute Gasteiger partial charge is 0.353 e. The zero-order valence-corrected chi connectivity index (χ0v) is 21.9. The van der Waals surface area contributed by atoms with Gasteiger partial charge in [0.1, 0.15) is 27.9 Å². The topological polar surface area (TPSA) is 170 Å². The minimum absolute atomic E-state index is 0.0399. The minimum atomic E-state index is -1.26. The summed E-state index contributed by atoms with van der Waals surface area (Å²) in [7, 11) is 0. The van der Waals surface area contributed by atoms with E-state index in [0.29, 0.717) is 12.0 Å². The molecule has 3 amide bonds. The van der Waals surface area contributed by atoms with Gasteiger partial charge in [0.2, 0.25) is 11.8 Å². The van der Waals surface area contributed by atoms with E-state index in [1.54, 1.807) is 24.3 Å². The number of aliphatic carboxylic acids is 2. The number of alkyl halides is 1. The third-order valence-electron chi connectivity index (χ3n) is 5.86. The first-order chi connectivity index (χ1) is 17.5. The molecular formula is C22H20Cl2N4O7S2. The van der Waals surface area contributed by atoms with Gasteiger partial charge in [-0.25, -0.2) is 9.59 Å². The number of carbonyl (C=O) groups excluding carboxylic acids is 3.